The summed E-state index contributed by atoms with van der Waals surface area (Å²) < 4.78 is 5.85. The number of nitrogens with zero attached hydrogens (tertiary/aromatic N) is 2. The molecule has 1 saturated carbocycles. The molecule has 114 valence electrons. The minimum atomic E-state index is 0.0472. The fourth-order valence-electron chi connectivity index (χ4n) is 3.68. The van der Waals surface area contributed by atoms with Gasteiger partial charge in [0.25, 0.3) is 5.91 Å². The van der Waals surface area contributed by atoms with Crippen molar-refractivity contribution in [1.29, 1.82) is 0 Å². The molecule has 1 aliphatic carbocycles. The molecule has 4 heteroatoms. The van der Waals surface area contributed by atoms with E-state index in [1.165, 1.54) is 12.8 Å². The number of aromatic nitrogens is 1. The largest absolute Gasteiger partial charge is 0.374 e. The lowest BCUT2D eigenvalue weighted by Crippen LogP contribution is -2.54. The molecule has 2 atom stereocenters. The predicted octanol–water partition coefficient (Wildman–Crippen LogP) is 3.02. The van der Waals surface area contributed by atoms with Gasteiger partial charge in [-0.15, -0.1) is 0 Å². The second-order valence-corrected chi connectivity index (χ2v) is 6.15. The number of carbonyl (C=O) groups is 1. The third-order valence-electron chi connectivity index (χ3n) is 4.81. The highest BCUT2D eigenvalue weighted by Gasteiger charge is 2.37. The first kappa shape index (κ1) is 13.7. The van der Waals surface area contributed by atoms with Gasteiger partial charge in [-0.3, -0.25) is 4.79 Å². The van der Waals surface area contributed by atoms with Crippen molar-refractivity contribution in [3.63, 3.8) is 0 Å². The fraction of sp³-hybridized carbons (Fsp3) is 0.444. The Morgan fingerprint density at radius 1 is 1.14 bits per heavy atom. The summed E-state index contributed by atoms with van der Waals surface area (Å²) in [7, 11) is 0. The average Bonchev–Trinajstić information content (AvgIpc) is 2.60. The van der Waals surface area contributed by atoms with Crippen molar-refractivity contribution < 1.29 is 9.53 Å². The van der Waals surface area contributed by atoms with Crippen molar-refractivity contribution in [2.24, 2.45) is 0 Å². The van der Waals surface area contributed by atoms with E-state index < -0.39 is 0 Å². The summed E-state index contributed by atoms with van der Waals surface area (Å²) in [5, 5.41) is 1.07. The van der Waals surface area contributed by atoms with Crippen LogP contribution in [0.15, 0.2) is 36.4 Å². The Morgan fingerprint density at radius 3 is 2.95 bits per heavy atom. The molecular weight excluding hydrogens is 276 g/mol. The van der Waals surface area contributed by atoms with E-state index in [2.05, 4.69) is 4.98 Å². The zero-order valence-corrected chi connectivity index (χ0v) is 12.6. The summed E-state index contributed by atoms with van der Waals surface area (Å²) in [4.78, 5) is 19.5. The van der Waals surface area contributed by atoms with E-state index in [-0.39, 0.29) is 18.1 Å². The van der Waals surface area contributed by atoms with E-state index in [4.69, 9.17) is 4.74 Å². The molecule has 22 heavy (non-hydrogen) atoms. The van der Waals surface area contributed by atoms with Crippen LogP contribution in [0, 0.1) is 0 Å². The van der Waals surface area contributed by atoms with Crippen LogP contribution in [0.4, 0.5) is 0 Å². The third kappa shape index (κ3) is 2.37. The van der Waals surface area contributed by atoms with Gasteiger partial charge in [-0.2, -0.15) is 0 Å². The molecule has 0 spiro atoms. The minimum Gasteiger partial charge on any atom is -0.374 e. The van der Waals surface area contributed by atoms with E-state index in [0.717, 1.165) is 23.7 Å². The van der Waals surface area contributed by atoms with Gasteiger partial charge >= 0.3 is 0 Å². The molecule has 2 heterocycles. The van der Waals surface area contributed by atoms with Crippen LogP contribution < -0.4 is 0 Å². The van der Waals surface area contributed by atoms with Crippen molar-refractivity contribution in [2.45, 2.75) is 37.8 Å². The predicted molar refractivity (Wildman–Crippen MR) is 84.8 cm³/mol. The Labute approximate surface area is 130 Å². The smallest absolute Gasteiger partial charge is 0.272 e. The number of para-hydroxylation sites is 1. The Bertz CT molecular complexity index is 698. The molecular formula is C18H20N2O2. The quantitative estimate of drug-likeness (QED) is 0.812. The van der Waals surface area contributed by atoms with Crippen LogP contribution >= 0.6 is 0 Å². The number of hydrogen-bond acceptors (Lipinski definition) is 3. The summed E-state index contributed by atoms with van der Waals surface area (Å²) in [6.07, 6.45) is 4.72. The Morgan fingerprint density at radius 2 is 2.00 bits per heavy atom. The molecule has 1 aromatic heterocycles. The van der Waals surface area contributed by atoms with Gasteiger partial charge < -0.3 is 9.64 Å². The van der Waals surface area contributed by atoms with Crippen LogP contribution in [0.5, 0.6) is 0 Å². The molecule has 2 aliphatic rings. The zero-order valence-electron chi connectivity index (χ0n) is 12.6. The van der Waals surface area contributed by atoms with Gasteiger partial charge in [0.2, 0.25) is 0 Å². The van der Waals surface area contributed by atoms with Crippen LogP contribution in [0.25, 0.3) is 10.9 Å². The van der Waals surface area contributed by atoms with E-state index in [1.54, 1.807) is 0 Å². The van der Waals surface area contributed by atoms with E-state index in [0.29, 0.717) is 18.8 Å². The Hall–Kier alpha value is -1.94. The maximum Gasteiger partial charge on any atom is 0.272 e. The summed E-state index contributed by atoms with van der Waals surface area (Å²) >= 11 is 0. The summed E-state index contributed by atoms with van der Waals surface area (Å²) in [6, 6.07) is 12.0. The van der Waals surface area contributed by atoms with Gasteiger partial charge in [0.05, 0.1) is 24.3 Å². The first-order valence-corrected chi connectivity index (χ1v) is 8.11. The molecule has 4 rings (SSSR count). The topological polar surface area (TPSA) is 42.4 Å². The van der Waals surface area contributed by atoms with E-state index in [1.807, 2.05) is 41.3 Å². The van der Waals surface area contributed by atoms with Crippen LogP contribution in [0.3, 0.4) is 0 Å². The first-order chi connectivity index (χ1) is 10.8. The molecule has 0 unspecified atom stereocenters. The first-order valence-electron chi connectivity index (χ1n) is 8.11. The number of carbonyl (C=O) groups excluding carboxylic acids is 1. The van der Waals surface area contributed by atoms with Crippen molar-refractivity contribution in [3.8, 4) is 0 Å². The zero-order chi connectivity index (χ0) is 14.9. The molecule has 1 aliphatic heterocycles. The number of benzene rings is 1. The highest BCUT2D eigenvalue weighted by Crippen LogP contribution is 2.29. The molecule has 0 bridgehead atoms. The lowest BCUT2D eigenvalue weighted by atomic mass is 9.90. The van der Waals surface area contributed by atoms with E-state index in [9.17, 15) is 4.79 Å². The lowest BCUT2D eigenvalue weighted by Gasteiger charge is -2.43. The summed E-state index contributed by atoms with van der Waals surface area (Å²) in [6.45, 7) is 1.31. The number of fused-ring (bicyclic) bond motifs is 2. The number of pyridine rings is 1. The molecule has 1 amide bonds. The van der Waals surface area contributed by atoms with Crippen molar-refractivity contribution in [2.75, 3.05) is 13.2 Å². The number of hydrogen-bond donors (Lipinski definition) is 0. The van der Waals surface area contributed by atoms with Crippen LogP contribution in [0.2, 0.25) is 0 Å². The van der Waals surface area contributed by atoms with Crippen LogP contribution in [-0.2, 0) is 4.74 Å². The van der Waals surface area contributed by atoms with Gasteiger partial charge in [0.15, 0.2) is 0 Å². The highest BCUT2D eigenvalue weighted by atomic mass is 16.5. The Kier molecular flexibility index (Phi) is 3.54. The summed E-state index contributed by atoms with van der Waals surface area (Å²) in [5.41, 5.74) is 1.42. The second-order valence-electron chi connectivity index (χ2n) is 6.15. The highest BCUT2D eigenvalue weighted by molar-refractivity contribution is 5.95. The van der Waals surface area contributed by atoms with Crippen LogP contribution in [-0.4, -0.2) is 41.1 Å². The van der Waals surface area contributed by atoms with Crippen molar-refractivity contribution in [3.05, 3.63) is 42.1 Å². The van der Waals surface area contributed by atoms with Gasteiger partial charge in [-0.25, -0.2) is 4.98 Å². The number of amides is 1. The Balaban J connectivity index is 1.64. The van der Waals surface area contributed by atoms with Gasteiger partial charge in [-0.05, 0) is 25.0 Å². The molecule has 1 aromatic carbocycles. The lowest BCUT2D eigenvalue weighted by molar-refractivity contribution is -0.0754. The molecule has 2 aromatic rings. The van der Waals surface area contributed by atoms with Gasteiger partial charge in [0.1, 0.15) is 5.69 Å². The fourth-order valence-corrected chi connectivity index (χ4v) is 3.68. The molecule has 1 saturated heterocycles. The van der Waals surface area contributed by atoms with Gasteiger partial charge in [0, 0.05) is 11.9 Å². The number of ether oxygens (including phenoxy) is 1. The van der Waals surface area contributed by atoms with Crippen LogP contribution in [0.1, 0.15) is 36.2 Å². The molecule has 2 fully saturated rings. The molecule has 0 radical (unpaired) electrons. The number of rotatable bonds is 1. The SMILES string of the molecule is O=C(c1ccc2ccccc2n1)N1CCO[C@H]2CCCC[C@@H]21. The average molecular weight is 296 g/mol. The molecule has 0 N–H and O–H groups in total. The van der Waals surface area contributed by atoms with E-state index >= 15 is 0 Å². The summed E-state index contributed by atoms with van der Waals surface area (Å²) in [5.74, 6) is 0.0472. The maximum absolute atomic E-state index is 12.9. The van der Waals surface area contributed by atoms with Gasteiger partial charge in [-0.1, -0.05) is 37.1 Å². The second kappa shape index (κ2) is 5.69. The van der Waals surface area contributed by atoms with Crippen molar-refractivity contribution >= 4 is 16.8 Å². The standard InChI is InChI=1S/C18H20N2O2/c21-18(15-10-9-13-5-1-2-6-14(13)19-15)20-11-12-22-17-8-4-3-7-16(17)20/h1-2,5-6,9-10,16-17H,3-4,7-8,11-12H2/t16-,17-/m0/s1. The normalized spacial score (nSPS) is 25.0. The number of morpholine rings is 1. The molecule has 4 nitrogen and oxygen atoms in total. The maximum atomic E-state index is 12.9. The van der Waals surface area contributed by atoms with Crippen molar-refractivity contribution in [1.82, 2.24) is 9.88 Å². The minimum absolute atomic E-state index is 0.0472. The third-order valence-corrected chi connectivity index (χ3v) is 4.81. The monoisotopic (exact) mass is 296 g/mol.